The van der Waals surface area contributed by atoms with E-state index in [4.69, 9.17) is 0 Å². The first kappa shape index (κ1) is 17.7. The molecule has 0 aliphatic carbocycles. The summed E-state index contributed by atoms with van der Waals surface area (Å²) in [6, 6.07) is 0. The topological polar surface area (TPSA) is 0 Å². The molecular formula is C18H36. The number of hydrogen-bond donors (Lipinski definition) is 0. The number of hydrogen-bond acceptors (Lipinski definition) is 0. The molecule has 0 unspecified atom stereocenters. The van der Waals surface area contributed by atoms with Crippen LogP contribution >= 0.6 is 0 Å². The molecule has 0 heteroatoms. The third-order valence-corrected chi connectivity index (χ3v) is 3.77. The Labute approximate surface area is 116 Å². The second-order valence-electron chi connectivity index (χ2n) is 5.79. The third kappa shape index (κ3) is 13.8. The van der Waals surface area contributed by atoms with Gasteiger partial charge in [-0.1, -0.05) is 90.2 Å². The summed E-state index contributed by atoms with van der Waals surface area (Å²) in [5.41, 5.74) is 1.48. The Hall–Kier alpha value is -0.260. The molecule has 0 aromatic rings. The van der Waals surface area contributed by atoms with Crippen molar-refractivity contribution in [3.05, 3.63) is 12.2 Å². The van der Waals surface area contributed by atoms with Gasteiger partial charge in [-0.2, -0.15) is 0 Å². The zero-order valence-electron chi connectivity index (χ0n) is 13.1. The standard InChI is InChI=1S/C18H36/c1-4-6-8-9-10-11-12-13-14-15-17-18(3)16-7-5-2/h3-17H2,1-2H3. The Balaban J connectivity index is 3.04. The van der Waals surface area contributed by atoms with E-state index in [0.717, 1.165) is 0 Å². The maximum absolute atomic E-state index is 4.17. The van der Waals surface area contributed by atoms with Gasteiger partial charge in [-0.25, -0.2) is 0 Å². The fourth-order valence-electron chi connectivity index (χ4n) is 2.41. The van der Waals surface area contributed by atoms with Gasteiger partial charge in [0.15, 0.2) is 0 Å². The SMILES string of the molecule is C=C(CCCC)CCCCCCCCCCCC. The van der Waals surface area contributed by atoms with Crippen molar-refractivity contribution >= 4 is 0 Å². The van der Waals surface area contributed by atoms with Crippen molar-refractivity contribution in [1.29, 1.82) is 0 Å². The van der Waals surface area contributed by atoms with Crippen LogP contribution in [-0.2, 0) is 0 Å². The minimum absolute atomic E-state index is 1.26. The Kier molecular flexibility index (Phi) is 14.6. The monoisotopic (exact) mass is 252 g/mol. The maximum Gasteiger partial charge on any atom is -0.0323 e. The Morgan fingerprint density at radius 1 is 0.556 bits per heavy atom. The molecule has 0 spiro atoms. The van der Waals surface area contributed by atoms with Crippen molar-refractivity contribution in [2.24, 2.45) is 0 Å². The average Bonchev–Trinajstić information content (AvgIpc) is 2.38. The smallest absolute Gasteiger partial charge is 0.0323 e. The van der Waals surface area contributed by atoms with Gasteiger partial charge in [-0.05, 0) is 25.7 Å². The highest BCUT2D eigenvalue weighted by molar-refractivity contribution is 4.93. The average molecular weight is 252 g/mol. The number of unbranched alkanes of at least 4 members (excludes halogenated alkanes) is 10. The summed E-state index contributed by atoms with van der Waals surface area (Å²) in [7, 11) is 0. The summed E-state index contributed by atoms with van der Waals surface area (Å²) < 4.78 is 0. The van der Waals surface area contributed by atoms with Gasteiger partial charge < -0.3 is 0 Å². The van der Waals surface area contributed by atoms with E-state index in [0.29, 0.717) is 0 Å². The normalized spacial score (nSPS) is 10.8. The molecule has 0 rings (SSSR count). The molecule has 0 aliphatic rings. The summed E-state index contributed by atoms with van der Waals surface area (Å²) in [6.07, 6.45) is 19.5. The molecule has 0 fully saturated rings. The van der Waals surface area contributed by atoms with Gasteiger partial charge in [-0.3, -0.25) is 0 Å². The predicted octanol–water partition coefficient (Wildman–Crippen LogP) is 7.04. The molecule has 0 aromatic heterocycles. The van der Waals surface area contributed by atoms with Crippen LogP contribution in [0.3, 0.4) is 0 Å². The molecule has 108 valence electrons. The molecule has 0 nitrogen and oxygen atoms in total. The fraction of sp³-hybridized carbons (Fsp3) is 0.889. The van der Waals surface area contributed by atoms with Crippen LogP contribution in [0, 0.1) is 0 Å². The van der Waals surface area contributed by atoms with Gasteiger partial charge >= 0.3 is 0 Å². The second kappa shape index (κ2) is 14.8. The lowest BCUT2D eigenvalue weighted by Gasteiger charge is -2.05. The largest absolute Gasteiger partial charge is 0.0999 e. The summed E-state index contributed by atoms with van der Waals surface area (Å²) in [5, 5.41) is 0. The van der Waals surface area contributed by atoms with E-state index in [1.165, 1.54) is 95.5 Å². The van der Waals surface area contributed by atoms with E-state index >= 15 is 0 Å². The van der Waals surface area contributed by atoms with Crippen molar-refractivity contribution in [3.63, 3.8) is 0 Å². The highest BCUT2D eigenvalue weighted by atomic mass is 14.0. The molecule has 0 bridgehead atoms. The molecule has 0 saturated carbocycles. The van der Waals surface area contributed by atoms with E-state index in [2.05, 4.69) is 20.4 Å². The fourth-order valence-corrected chi connectivity index (χ4v) is 2.41. The lowest BCUT2D eigenvalue weighted by molar-refractivity contribution is 0.554. The van der Waals surface area contributed by atoms with E-state index < -0.39 is 0 Å². The zero-order chi connectivity index (χ0) is 13.5. The molecule has 18 heavy (non-hydrogen) atoms. The van der Waals surface area contributed by atoms with Crippen LogP contribution in [0.2, 0.25) is 0 Å². The van der Waals surface area contributed by atoms with E-state index in [1.54, 1.807) is 0 Å². The van der Waals surface area contributed by atoms with Crippen molar-refractivity contribution < 1.29 is 0 Å². The van der Waals surface area contributed by atoms with Crippen LogP contribution in [0.15, 0.2) is 12.2 Å². The van der Waals surface area contributed by atoms with Crippen LogP contribution in [-0.4, -0.2) is 0 Å². The molecule has 0 aromatic carbocycles. The Morgan fingerprint density at radius 3 is 1.44 bits per heavy atom. The van der Waals surface area contributed by atoms with Crippen molar-refractivity contribution in [3.8, 4) is 0 Å². The quantitative estimate of drug-likeness (QED) is 0.230. The molecule has 0 N–H and O–H groups in total. The third-order valence-electron chi connectivity index (χ3n) is 3.77. The molecule has 0 saturated heterocycles. The van der Waals surface area contributed by atoms with Crippen molar-refractivity contribution in [2.45, 2.75) is 104 Å². The number of allylic oxidation sites excluding steroid dienone is 1. The van der Waals surface area contributed by atoms with Gasteiger partial charge in [0.05, 0.1) is 0 Å². The molecule has 0 amide bonds. The van der Waals surface area contributed by atoms with E-state index in [9.17, 15) is 0 Å². The second-order valence-corrected chi connectivity index (χ2v) is 5.79. The van der Waals surface area contributed by atoms with Crippen LogP contribution in [0.4, 0.5) is 0 Å². The van der Waals surface area contributed by atoms with Crippen molar-refractivity contribution in [2.75, 3.05) is 0 Å². The molecule has 0 heterocycles. The molecule has 0 atom stereocenters. The first-order valence-electron chi connectivity index (χ1n) is 8.47. The van der Waals surface area contributed by atoms with Gasteiger partial charge in [0, 0.05) is 0 Å². The minimum atomic E-state index is 1.26. The van der Waals surface area contributed by atoms with Gasteiger partial charge in [0.25, 0.3) is 0 Å². The highest BCUT2D eigenvalue weighted by Gasteiger charge is 1.95. The maximum atomic E-state index is 4.17. The first-order chi connectivity index (χ1) is 8.81. The van der Waals surface area contributed by atoms with Crippen LogP contribution in [0.5, 0.6) is 0 Å². The number of rotatable bonds is 14. The molecule has 0 radical (unpaired) electrons. The van der Waals surface area contributed by atoms with Gasteiger partial charge in [0.2, 0.25) is 0 Å². The lowest BCUT2D eigenvalue weighted by atomic mass is 10.0. The molecular weight excluding hydrogens is 216 g/mol. The summed E-state index contributed by atoms with van der Waals surface area (Å²) in [6.45, 7) is 8.71. The van der Waals surface area contributed by atoms with E-state index in [1.807, 2.05) is 0 Å². The summed E-state index contributed by atoms with van der Waals surface area (Å²) in [4.78, 5) is 0. The lowest BCUT2D eigenvalue weighted by Crippen LogP contribution is -1.85. The zero-order valence-corrected chi connectivity index (χ0v) is 13.1. The predicted molar refractivity (Wildman–Crippen MR) is 85.1 cm³/mol. The highest BCUT2D eigenvalue weighted by Crippen LogP contribution is 2.15. The van der Waals surface area contributed by atoms with Crippen molar-refractivity contribution in [1.82, 2.24) is 0 Å². The summed E-state index contributed by atoms with van der Waals surface area (Å²) >= 11 is 0. The Bertz CT molecular complexity index is 169. The van der Waals surface area contributed by atoms with E-state index in [-0.39, 0.29) is 0 Å². The van der Waals surface area contributed by atoms with Crippen LogP contribution in [0.1, 0.15) is 104 Å². The minimum Gasteiger partial charge on any atom is -0.0999 e. The van der Waals surface area contributed by atoms with Gasteiger partial charge in [0.1, 0.15) is 0 Å². The first-order valence-corrected chi connectivity index (χ1v) is 8.47. The molecule has 0 aliphatic heterocycles. The van der Waals surface area contributed by atoms with Crippen LogP contribution in [0.25, 0.3) is 0 Å². The summed E-state index contributed by atoms with van der Waals surface area (Å²) in [5.74, 6) is 0. The van der Waals surface area contributed by atoms with Crippen LogP contribution < -0.4 is 0 Å². The Morgan fingerprint density at radius 2 is 0.944 bits per heavy atom. The van der Waals surface area contributed by atoms with Gasteiger partial charge in [-0.15, -0.1) is 0 Å².